The van der Waals surface area contributed by atoms with Gasteiger partial charge in [-0.15, -0.1) is 0 Å². The van der Waals surface area contributed by atoms with Crippen molar-refractivity contribution in [3.63, 3.8) is 0 Å². The van der Waals surface area contributed by atoms with Crippen LogP contribution < -0.4 is 5.32 Å². The van der Waals surface area contributed by atoms with Gasteiger partial charge in [0.1, 0.15) is 5.00 Å². The van der Waals surface area contributed by atoms with Crippen molar-refractivity contribution in [2.45, 2.75) is 45.3 Å². The van der Waals surface area contributed by atoms with Gasteiger partial charge in [-0.3, -0.25) is 4.79 Å². The van der Waals surface area contributed by atoms with Crippen molar-refractivity contribution >= 4 is 34.1 Å². The van der Waals surface area contributed by atoms with Gasteiger partial charge in [-0.2, -0.15) is 16.1 Å². The van der Waals surface area contributed by atoms with Crippen LogP contribution in [0.3, 0.4) is 0 Å². The fourth-order valence-corrected chi connectivity index (χ4v) is 3.64. The largest absolute Gasteiger partial charge is 0.374 e. The Labute approximate surface area is 118 Å². The van der Waals surface area contributed by atoms with Crippen LogP contribution in [0, 0.1) is 6.92 Å². The molecule has 0 saturated carbocycles. The number of carbonyl (C=O) groups is 1. The predicted molar refractivity (Wildman–Crippen MR) is 82.2 cm³/mol. The molecule has 3 nitrogen and oxygen atoms in total. The van der Waals surface area contributed by atoms with Crippen LogP contribution in [0.25, 0.3) is 0 Å². The molecule has 1 heterocycles. The second-order valence-corrected chi connectivity index (χ2v) is 6.52. The molecule has 0 aliphatic rings. The molecule has 1 rings (SSSR count). The van der Waals surface area contributed by atoms with Crippen LogP contribution in [0.5, 0.6) is 0 Å². The Morgan fingerprint density at radius 1 is 1.44 bits per heavy atom. The summed E-state index contributed by atoms with van der Waals surface area (Å²) in [5.74, 6) is 0.0894. The molecular weight excluding hydrogens is 264 g/mol. The van der Waals surface area contributed by atoms with Gasteiger partial charge >= 0.3 is 0 Å². The monoisotopic (exact) mass is 286 g/mol. The van der Waals surface area contributed by atoms with E-state index in [0.29, 0.717) is 0 Å². The molecule has 0 amide bonds. The maximum Gasteiger partial charge on any atom is 0.164 e. The molecule has 1 aromatic heterocycles. The highest BCUT2D eigenvalue weighted by Crippen LogP contribution is 2.32. The number of nitrogens with one attached hydrogen (secondary N) is 1. The van der Waals surface area contributed by atoms with Crippen LogP contribution in [-0.4, -0.2) is 27.7 Å². The summed E-state index contributed by atoms with van der Waals surface area (Å²) in [6.07, 6.45) is 4.38. The molecule has 102 valence electrons. The number of anilines is 1. The summed E-state index contributed by atoms with van der Waals surface area (Å²) < 4.78 is 4.51. The zero-order chi connectivity index (χ0) is 13.8. The fraction of sp³-hybridized carbons (Fsp3) is 0.692. The van der Waals surface area contributed by atoms with E-state index in [1.54, 1.807) is 6.92 Å². The van der Waals surface area contributed by atoms with Gasteiger partial charge in [0.15, 0.2) is 5.78 Å². The number of rotatable bonds is 7. The standard InChI is InChI=1S/C13H22N2OS2/c1-6-13(7-2,17-5)8-14-12-11(10(4)16)9(3)15-18-12/h14H,6-8H2,1-5H3. The van der Waals surface area contributed by atoms with E-state index in [1.165, 1.54) is 11.5 Å². The number of ketones is 1. The minimum atomic E-state index is 0.0894. The van der Waals surface area contributed by atoms with Crippen LogP contribution in [0.2, 0.25) is 0 Å². The van der Waals surface area contributed by atoms with Crippen LogP contribution in [0.4, 0.5) is 5.00 Å². The Balaban J connectivity index is 2.83. The first-order valence-corrected chi connectivity index (χ1v) is 8.25. The lowest BCUT2D eigenvalue weighted by Crippen LogP contribution is -2.32. The van der Waals surface area contributed by atoms with Crippen LogP contribution in [0.1, 0.15) is 49.7 Å². The molecule has 1 N–H and O–H groups in total. The first-order chi connectivity index (χ1) is 8.49. The normalized spacial score (nSPS) is 11.6. The summed E-state index contributed by atoms with van der Waals surface area (Å²) in [4.78, 5) is 11.6. The lowest BCUT2D eigenvalue weighted by Gasteiger charge is -2.30. The number of Topliss-reactive ketones (excluding diaryl/α,β-unsaturated/α-hetero) is 1. The van der Waals surface area contributed by atoms with Gasteiger partial charge < -0.3 is 5.32 Å². The predicted octanol–water partition coefficient (Wildman–Crippen LogP) is 3.99. The molecule has 0 bridgehead atoms. The molecule has 0 aromatic carbocycles. The van der Waals surface area contributed by atoms with E-state index < -0.39 is 0 Å². The minimum Gasteiger partial charge on any atom is -0.374 e. The van der Waals surface area contributed by atoms with Crippen LogP contribution in [-0.2, 0) is 0 Å². The smallest absolute Gasteiger partial charge is 0.164 e. The Morgan fingerprint density at radius 3 is 2.50 bits per heavy atom. The van der Waals surface area contributed by atoms with Crippen LogP contribution in [0.15, 0.2) is 0 Å². The number of nitrogens with zero attached hydrogens (tertiary/aromatic N) is 1. The Hall–Kier alpha value is -0.550. The molecule has 0 unspecified atom stereocenters. The topological polar surface area (TPSA) is 42.0 Å². The highest BCUT2D eigenvalue weighted by atomic mass is 32.2. The molecular formula is C13H22N2OS2. The van der Waals surface area contributed by atoms with Crippen molar-refractivity contribution in [2.24, 2.45) is 0 Å². The molecule has 0 atom stereocenters. The number of aryl methyl sites for hydroxylation is 1. The summed E-state index contributed by atoms with van der Waals surface area (Å²) >= 11 is 3.28. The molecule has 0 radical (unpaired) electrons. The van der Waals surface area contributed by atoms with Crippen molar-refractivity contribution in [3.05, 3.63) is 11.3 Å². The van der Waals surface area contributed by atoms with Gasteiger partial charge in [-0.25, -0.2) is 0 Å². The van der Waals surface area contributed by atoms with Crippen LogP contribution >= 0.6 is 23.3 Å². The first-order valence-electron chi connectivity index (χ1n) is 6.26. The maximum atomic E-state index is 11.6. The Morgan fingerprint density at radius 2 is 2.06 bits per heavy atom. The SMILES string of the molecule is CCC(CC)(CNc1snc(C)c1C(C)=O)SC. The van der Waals surface area contributed by atoms with Crippen molar-refractivity contribution < 1.29 is 4.79 Å². The second-order valence-electron chi connectivity index (χ2n) is 4.48. The summed E-state index contributed by atoms with van der Waals surface area (Å²) in [6, 6.07) is 0. The van der Waals surface area contributed by atoms with Crippen molar-refractivity contribution in [3.8, 4) is 0 Å². The number of aromatic nitrogens is 1. The van der Waals surface area contributed by atoms with Gasteiger partial charge in [-0.05, 0) is 44.5 Å². The maximum absolute atomic E-state index is 11.6. The second kappa shape index (κ2) is 6.57. The van der Waals surface area contributed by atoms with Gasteiger partial charge in [0.05, 0.1) is 11.3 Å². The lowest BCUT2D eigenvalue weighted by atomic mass is 10.0. The summed E-state index contributed by atoms with van der Waals surface area (Å²) in [5.41, 5.74) is 1.58. The van der Waals surface area contributed by atoms with Crippen molar-refractivity contribution in [1.82, 2.24) is 4.37 Å². The third-order valence-electron chi connectivity index (χ3n) is 3.51. The Kier molecular flexibility index (Phi) is 5.66. The lowest BCUT2D eigenvalue weighted by molar-refractivity contribution is 0.101. The van der Waals surface area contributed by atoms with E-state index in [1.807, 2.05) is 18.7 Å². The summed E-state index contributed by atoms with van der Waals surface area (Å²) in [7, 11) is 0. The highest BCUT2D eigenvalue weighted by Gasteiger charge is 2.25. The van der Waals surface area contributed by atoms with E-state index in [4.69, 9.17) is 0 Å². The zero-order valence-electron chi connectivity index (χ0n) is 11.8. The fourth-order valence-electron chi connectivity index (χ4n) is 2.01. The van der Waals surface area contributed by atoms with E-state index in [9.17, 15) is 4.79 Å². The molecule has 5 heteroatoms. The van der Waals surface area contributed by atoms with Crippen molar-refractivity contribution in [2.75, 3.05) is 18.1 Å². The average molecular weight is 286 g/mol. The summed E-state index contributed by atoms with van der Waals surface area (Å²) in [5, 5.41) is 4.34. The summed E-state index contributed by atoms with van der Waals surface area (Å²) in [6.45, 7) is 8.79. The van der Waals surface area contributed by atoms with Gasteiger partial charge in [0.25, 0.3) is 0 Å². The number of hydrogen-bond acceptors (Lipinski definition) is 5. The third-order valence-corrected chi connectivity index (χ3v) is 5.99. The van der Waals surface area contributed by atoms with E-state index in [0.717, 1.165) is 35.6 Å². The van der Waals surface area contributed by atoms with Gasteiger partial charge in [0, 0.05) is 11.3 Å². The molecule has 0 spiro atoms. The van der Waals surface area contributed by atoms with Gasteiger partial charge in [0.2, 0.25) is 0 Å². The number of carbonyl (C=O) groups excluding carboxylic acids is 1. The highest BCUT2D eigenvalue weighted by molar-refractivity contribution is 8.00. The molecule has 0 aliphatic heterocycles. The third kappa shape index (κ3) is 3.26. The molecule has 18 heavy (non-hydrogen) atoms. The molecule has 1 aromatic rings. The average Bonchev–Trinajstić information content (AvgIpc) is 2.73. The van der Waals surface area contributed by atoms with E-state index >= 15 is 0 Å². The minimum absolute atomic E-state index is 0.0894. The van der Waals surface area contributed by atoms with Gasteiger partial charge in [-0.1, -0.05) is 13.8 Å². The quantitative estimate of drug-likeness (QED) is 0.770. The molecule has 0 saturated heterocycles. The van der Waals surface area contributed by atoms with Crippen molar-refractivity contribution in [1.29, 1.82) is 0 Å². The number of hydrogen-bond donors (Lipinski definition) is 1. The number of thioether (sulfide) groups is 1. The molecule has 0 aliphatic carbocycles. The van der Waals surface area contributed by atoms with E-state index in [2.05, 4.69) is 29.8 Å². The zero-order valence-corrected chi connectivity index (χ0v) is 13.4. The Bertz CT molecular complexity index is 403. The molecule has 0 fully saturated rings. The van der Waals surface area contributed by atoms with E-state index in [-0.39, 0.29) is 10.5 Å². The first kappa shape index (κ1) is 15.5.